The van der Waals surface area contributed by atoms with Crippen LogP contribution in [0.5, 0.6) is 0 Å². The molecule has 6 nitrogen and oxygen atoms in total. The highest BCUT2D eigenvalue weighted by atomic mass is 32.1. The van der Waals surface area contributed by atoms with Gasteiger partial charge in [-0.25, -0.2) is 4.79 Å². The molecule has 1 amide bonds. The average Bonchev–Trinajstić information content (AvgIpc) is 2.93. The van der Waals surface area contributed by atoms with Gasteiger partial charge in [0.05, 0.1) is 0 Å². The van der Waals surface area contributed by atoms with Gasteiger partial charge in [0.25, 0.3) is 11.5 Å². The predicted molar refractivity (Wildman–Crippen MR) is 81.9 cm³/mol. The molecule has 21 heavy (non-hydrogen) atoms. The van der Waals surface area contributed by atoms with Crippen molar-refractivity contribution in [3.8, 4) is 0 Å². The Kier molecular flexibility index (Phi) is 4.42. The van der Waals surface area contributed by atoms with Gasteiger partial charge in [-0.05, 0) is 35.7 Å². The molecule has 2 heterocycles. The molecule has 0 aliphatic heterocycles. The molecule has 0 bridgehead atoms. The van der Waals surface area contributed by atoms with E-state index >= 15 is 0 Å². The maximum Gasteiger partial charge on any atom is 0.331 e. The fourth-order valence-electron chi connectivity index (χ4n) is 2.06. The van der Waals surface area contributed by atoms with Gasteiger partial charge in [-0.3, -0.25) is 18.7 Å². The third-order valence-electron chi connectivity index (χ3n) is 3.26. The number of amides is 1. The third kappa shape index (κ3) is 3.30. The molecule has 0 aromatic carbocycles. The van der Waals surface area contributed by atoms with E-state index < -0.39 is 17.2 Å². The first kappa shape index (κ1) is 15.2. The zero-order chi connectivity index (χ0) is 15.6. The molecule has 0 aliphatic carbocycles. The smallest absolute Gasteiger partial charge is 0.331 e. The van der Waals surface area contributed by atoms with E-state index in [1.807, 2.05) is 23.8 Å². The van der Waals surface area contributed by atoms with Crippen molar-refractivity contribution < 1.29 is 4.79 Å². The van der Waals surface area contributed by atoms with E-state index in [0.717, 1.165) is 10.1 Å². The van der Waals surface area contributed by atoms with Crippen LogP contribution in [0, 0.1) is 0 Å². The maximum absolute atomic E-state index is 12.2. The SMILES string of the molecule is CC(Cc1ccsc1)NC(=O)c1cc(=O)n(C)c(=O)n1C. The quantitative estimate of drug-likeness (QED) is 0.894. The number of nitrogens with one attached hydrogen (secondary N) is 1. The van der Waals surface area contributed by atoms with Gasteiger partial charge < -0.3 is 5.32 Å². The Hall–Kier alpha value is -2.15. The van der Waals surface area contributed by atoms with E-state index in [2.05, 4.69) is 5.32 Å². The summed E-state index contributed by atoms with van der Waals surface area (Å²) in [7, 11) is 2.85. The van der Waals surface area contributed by atoms with Gasteiger partial charge in [-0.1, -0.05) is 0 Å². The van der Waals surface area contributed by atoms with E-state index in [9.17, 15) is 14.4 Å². The van der Waals surface area contributed by atoms with Crippen molar-refractivity contribution >= 4 is 17.2 Å². The molecule has 0 fully saturated rings. The Morgan fingerprint density at radius 1 is 1.33 bits per heavy atom. The molecule has 0 radical (unpaired) electrons. The summed E-state index contributed by atoms with van der Waals surface area (Å²) in [6.45, 7) is 1.88. The van der Waals surface area contributed by atoms with Gasteiger partial charge in [0.15, 0.2) is 0 Å². The summed E-state index contributed by atoms with van der Waals surface area (Å²) >= 11 is 1.60. The molecule has 0 saturated carbocycles. The maximum atomic E-state index is 12.2. The van der Waals surface area contributed by atoms with E-state index in [1.54, 1.807) is 11.3 Å². The third-order valence-corrected chi connectivity index (χ3v) is 3.99. The summed E-state index contributed by atoms with van der Waals surface area (Å²) in [5.74, 6) is -0.421. The lowest BCUT2D eigenvalue weighted by Gasteiger charge is -2.15. The molecule has 112 valence electrons. The molecule has 0 spiro atoms. The molecule has 1 atom stereocenters. The second-order valence-electron chi connectivity index (χ2n) is 4.98. The first-order valence-electron chi connectivity index (χ1n) is 6.49. The number of nitrogens with zero attached hydrogens (tertiary/aromatic N) is 2. The number of rotatable bonds is 4. The average molecular weight is 307 g/mol. The lowest BCUT2D eigenvalue weighted by atomic mass is 10.1. The zero-order valence-corrected chi connectivity index (χ0v) is 12.9. The number of hydrogen-bond acceptors (Lipinski definition) is 4. The van der Waals surface area contributed by atoms with E-state index in [-0.39, 0.29) is 11.7 Å². The number of carbonyl (C=O) groups excluding carboxylic acids is 1. The Bertz CT molecular complexity index is 759. The number of carbonyl (C=O) groups is 1. The van der Waals surface area contributed by atoms with Crippen LogP contribution in [0.4, 0.5) is 0 Å². The predicted octanol–water partition coefficient (Wildman–Crippen LogP) is 0.506. The Balaban J connectivity index is 2.17. The van der Waals surface area contributed by atoms with Crippen molar-refractivity contribution in [2.24, 2.45) is 14.1 Å². The first-order valence-corrected chi connectivity index (χ1v) is 7.43. The van der Waals surface area contributed by atoms with Gasteiger partial charge in [-0.2, -0.15) is 11.3 Å². The zero-order valence-electron chi connectivity index (χ0n) is 12.1. The highest BCUT2D eigenvalue weighted by Gasteiger charge is 2.15. The van der Waals surface area contributed by atoms with Crippen LogP contribution in [0.3, 0.4) is 0 Å². The van der Waals surface area contributed by atoms with Gasteiger partial charge in [0.1, 0.15) is 5.69 Å². The number of hydrogen-bond donors (Lipinski definition) is 1. The molecular weight excluding hydrogens is 290 g/mol. The van der Waals surface area contributed by atoms with Crippen LogP contribution in [-0.2, 0) is 20.5 Å². The van der Waals surface area contributed by atoms with E-state index in [0.29, 0.717) is 6.42 Å². The molecule has 1 N–H and O–H groups in total. The number of aromatic nitrogens is 2. The minimum Gasteiger partial charge on any atom is -0.348 e. The fourth-order valence-corrected chi connectivity index (χ4v) is 2.74. The van der Waals surface area contributed by atoms with Crippen molar-refractivity contribution in [3.63, 3.8) is 0 Å². The first-order chi connectivity index (χ1) is 9.90. The Labute approximate surface area is 125 Å². The van der Waals surface area contributed by atoms with Crippen LogP contribution in [0.2, 0.25) is 0 Å². The lowest BCUT2D eigenvalue weighted by molar-refractivity contribution is 0.0929. The minimum atomic E-state index is -0.516. The van der Waals surface area contributed by atoms with E-state index in [1.165, 1.54) is 24.7 Å². The molecule has 2 aromatic heterocycles. The lowest BCUT2D eigenvalue weighted by Crippen LogP contribution is -2.43. The summed E-state index contributed by atoms with van der Waals surface area (Å²) in [5, 5.41) is 6.81. The second kappa shape index (κ2) is 6.09. The van der Waals surface area contributed by atoms with Crippen LogP contribution in [0.1, 0.15) is 23.0 Å². The standard InChI is InChI=1S/C14H17N3O3S/c1-9(6-10-4-5-21-8-10)15-13(19)11-7-12(18)17(3)14(20)16(11)2/h4-5,7-9H,6H2,1-3H3,(H,15,19). The minimum absolute atomic E-state index is 0.0697. The van der Waals surface area contributed by atoms with Crippen LogP contribution in [0.25, 0.3) is 0 Å². The summed E-state index contributed by atoms with van der Waals surface area (Å²) in [6, 6.07) is 3.08. The van der Waals surface area contributed by atoms with Crippen molar-refractivity contribution in [2.45, 2.75) is 19.4 Å². The molecule has 2 aromatic rings. The highest BCUT2D eigenvalue weighted by molar-refractivity contribution is 7.07. The van der Waals surface area contributed by atoms with Crippen LogP contribution >= 0.6 is 11.3 Å². The van der Waals surface area contributed by atoms with Crippen molar-refractivity contribution in [2.75, 3.05) is 0 Å². The van der Waals surface area contributed by atoms with Gasteiger partial charge in [0, 0.05) is 26.2 Å². The van der Waals surface area contributed by atoms with Gasteiger partial charge >= 0.3 is 5.69 Å². The van der Waals surface area contributed by atoms with Crippen molar-refractivity contribution in [1.82, 2.24) is 14.5 Å². The molecule has 0 aliphatic rings. The largest absolute Gasteiger partial charge is 0.348 e. The van der Waals surface area contributed by atoms with Crippen molar-refractivity contribution in [3.05, 3.63) is 55.0 Å². The monoisotopic (exact) mass is 307 g/mol. The Morgan fingerprint density at radius 3 is 2.67 bits per heavy atom. The van der Waals surface area contributed by atoms with Gasteiger partial charge in [-0.15, -0.1) is 0 Å². The summed E-state index contributed by atoms with van der Waals surface area (Å²) < 4.78 is 2.14. The Morgan fingerprint density at radius 2 is 2.05 bits per heavy atom. The topological polar surface area (TPSA) is 73.1 Å². The van der Waals surface area contributed by atoms with Crippen molar-refractivity contribution in [1.29, 1.82) is 0 Å². The van der Waals surface area contributed by atoms with Gasteiger partial charge in [0.2, 0.25) is 0 Å². The summed E-state index contributed by atoms with van der Waals surface area (Å²) in [4.78, 5) is 35.6. The van der Waals surface area contributed by atoms with Crippen LogP contribution in [0.15, 0.2) is 32.5 Å². The molecular formula is C14H17N3O3S. The normalized spacial score (nSPS) is 12.1. The summed E-state index contributed by atoms with van der Waals surface area (Å²) in [6.07, 6.45) is 0.702. The molecule has 1 unspecified atom stereocenters. The molecule has 2 rings (SSSR count). The van der Waals surface area contributed by atoms with Crippen LogP contribution < -0.4 is 16.6 Å². The van der Waals surface area contributed by atoms with Crippen LogP contribution in [-0.4, -0.2) is 21.1 Å². The number of thiophene rings is 1. The second-order valence-corrected chi connectivity index (χ2v) is 5.76. The summed E-state index contributed by atoms with van der Waals surface area (Å²) in [5.41, 5.74) is 0.206. The highest BCUT2D eigenvalue weighted by Crippen LogP contribution is 2.08. The van der Waals surface area contributed by atoms with E-state index in [4.69, 9.17) is 0 Å². The molecule has 0 saturated heterocycles. The molecule has 7 heteroatoms. The fraction of sp³-hybridized carbons (Fsp3) is 0.357.